The molecule has 0 bridgehead atoms. The van der Waals surface area contributed by atoms with Crippen molar-refractivity contribution in [1.82, 2.24) is 19.4 Å². The molecule has 8 heteroatoms. The second kappa shape index (κ2) is 7.88. The Bertz CT molecular complexity index is 699. The minimum absolute atomic E-state index is 0.102. The minimum atomic E-state index is -1.09. The summed E-state index contributed by atoms with van der Waals surface area (Å²) >= 11 is -1.09. The standard InChI is InChI=1S/C20H34N4O3S/c1-19(2,3)27-18(25)23-11-9-14(10-12-23)24-17-8-7-16(15(17)13-21-24)22-28(26)20(4,5)6/h13-14,16,22H,7-12H2,1-6H3. The molecule has 1 aliphatic carbocycles. The SMILES string of the molecule is CC(C)(C)OC(=O)N1CCC(n2ncc3c2CCC3N[S+]([O-])C(C)(C)C)CC1. The lowest BCUT2D eigenvalue weighted by Crippen LogP contribution is -2.42. The van der Waals surface area contributed by atoms with Gasteiger partial charge in [0.1, 0.15) is 10.3 Å². The van der Waals surface area contributed by atoms with E-state index in [1.54, 1.807) is 4.90 Å². The summed E-state index contributed by atoms with van der Waals surface area (Å²) in [6.45, 7) is 13.0. The Balaban J connectivity index is 1.61. The molecule has 0 spiro atoms. The van der Waals surface area contributed by atoms with Gasteiger partial charge in [0.2, 0.25) is 0 Å². The zero-order valence-electron chi connectivity index (χ0n) is 17.9. The molecule has 1 N–H and O–H groups in total. The number of likely N-dealkylation sites (tertiary alicyclic amines) is 1. The topological polar surface area (TPSA) is 82.5 Å². The van der Waals surface area contributed by atoms with Crippen LogP contribution in [0, 0.1) is 0 Å². The first-order valence-electron chi connectivity index (χ1n) is 10.2. The van der Waals surface area contributed by atoms with Crippen molar-refractivity contribution in [2.24, 2.45) is 0 Å². The van der Waals surface area contributed by atoms with Crippen LogP contribution in [-0.2, 0) is 22.5 Å². The molecular formula is C20H34N4O3S. The maximum atomic E-state index is 12.5. The summed E-state index contributed by atoms with van der Waals surface area (Å²) < 4.78 is 23.1. The molecule has 2 atom stereocenters. The number of carbonyl (C=O) groups is 1. The molecule has 0 saturated carbocycles. The third-order valence-corrected chi connectivity index (χ3v) is 6.85. The minimum Gasteiger partial charge on any atom is -0.598 e. The lowest BCUT2D eigenvalue weighted by Gasteiger charge is -2.34. The molecule has 0 radical (unpaired) electrons. The monoisotopic (exact) mass is 410 g/mol. The Morgan fingerprint density at radius 1 is 1.21 bits per heavy atom. The van der Waals surface area contributed by atoms with Crippen LogP contribution in [0.25, 0.3) is 0 Å². The fourth-order valence-electron chi connectivity index (χ4n) is 3.75. The van der Waals surface area contributed by atoms with Crippen LogP contribution < -0.4 is 4.72 Å². The number of ether oxygens (including phenoxy) is 1. The summed E-state index contributed by atoms with van der Waals surface area (Å²) in [6, 6.07) is 0.403. The first-order valence-corrected chi connectivity index (χ1v) is 11.3. The van der Waals surface area contributed by atoms with E-state index in [1.165, 1.54) is 11.3 Å². The third-order valence-electron chi connectivity index (χ3n) is 5.24. The molecular weight excluding hydrogens is 376 g/mol. The molecule has 1 fully saturated rings. The largest absolute Gasteiger partial charge is 0.598 e. The van der Waals surface area contributed by atoms with Crippen molar-refractivity contribution in [3.05, 3.63) is 17.5 Å². The van der Waals surface area contributed by atoms with Gasteiger partial charge in [-0.15, -0.1) is 4.72 Å². The highest BCUT2D eigenvalue weighted by Gasteiger charge is 2.36. The zero-order chi connectivity index (χ0) is 20.7. The molecule has 1 aliphatic heterocycles. The van der Waals surface area contributed by atoms with Gasteiger partial charge in [0.05, 0.1) is 18.3 Å². The number of carbonyl (C=O) groups excluding carboxylic acids is 1. The quantitative estimate of drug-likeness (QED) is 0.771. The molecule has 158 valence electrons. The summed E-state index contributed by atoms with van der Waals surface area (Å²) in [6.07, 6.45) is 5.34. The van der Waals surface area contributed by atoms with E-state index in [1.807, 2.05) is 47.7 Å². The van der Waals surface area contributed by atoms with Gasteiger partial charge in [-0.05, 0) is 67.2 Å². The van der Waals surface area contributed by atoms with Gasteiger partial charge in [-0.1, -0.05) is 0 Å². The van der Waals surface area contributed by atoms with Crippen LogP contribution >= 0.6 is 0 Å². The van der Waals surface area contributed by atoms with E-state index in [4.69, 9.17) is 4.74 Å². The van der Waals surface area contributed by atoms with Crippen LogP contribution in [0.5, 0.6) is 0 Å². The number of aromatic nitrogens is 2. The Hall–Kier alpha value is -1.25. The molecule has 0 aromatic carbocycles. The molecule has 1 saturated heterocycles. The van der Waals surface area contributed by atoms with Gasteiger partial charge in [-0.2, -0.15) is 5.10 Å². The van der Waals surface area contributed by atoms with Crippen molar-refractivity contribution in [3.63, 3.8) is 0 Å². The van der Waals surface area contributed by atoms with Crippen molar-refractivity contribution in [1.29, 1.82) is 0 Å². The highest BCUT2D eigenvalue weighted by molar-refractivity contribution is 7.90. The summed E-state index contributed by atoms with van der Waals surface area (Å²) in [5.74, 6) is 0. The van der Waals surface area contributed by atoms with E-state index in [2.05, 4.69) is 14.5 Å². The molecule has 2 heterocycles. The predicted molar refractivity (Wildman–Crippen MR) is 110 cm³/mol. The van der Waals surface area contributed by atoms with E-state index in [0.717, 1.165) is 25.7 Å². The smallest absolute Gasteiger partial charge is 0.410 e. The number of nitrogens with zero attached hydrogens (tertiary/aromatic N) is 3. The summed E-state index contributed by atoms with van der Waals surface area (Å²) in [5, 5.41) is 4.65. The van der Waals surface area contributed by atoms with Crippen molar-refractivity contribution >= 4 is 17.5 Å². The van der Waals surface area contributed by atoms with Crippen molar-refractivity contribution in [2.75, 3.05) is 13.1 Å². The van der Waals surface area contributed by atoms with Gasteiger partial charge in [0, 0.05) is 35.7 Å². The summed E-state index contributed by atoms with van der Waals surface area (Å²) in [7, 11) is 0. The van der Waals surface area contributed by atoms with Crippen LogP contribution in [0.3, 0.4) is 0 Å². The molecule has 2 aliphatic rings. The van der Waals surface area contributed by atoms with Gasteiger partial charge in [-0.3, -0.25) is 4.68 Å². The number of fused-ring (bicyclic) bond motifs is 1. The maximum absolute atomic E-state index is 12.5. The van der Waals surface area contributed by atoms with Crippen LogP contribution in [0.4, 0.5) is 4.79 Å². The van der Waals surface area contributed by atoms with Crippen molar-refractivity contribution in [2.45, 2.75) is 89.7 Å². The molecule has 1 amide bonds. The van der Waals surface area contributed by atoms with E-state index in [9.17, 15) is 9.35 Å². The molecule has 2 unspecified atom stereocenters. The Labute approximate surface area is 171 Å². The highest BCUT2D eigenvalue weighted by Crippen LogP contribution is 2.36. The lowest BCUT2D eigenvalue weighted by atomic mass is 10.1. The lowest BCUT2D eigenvalue weighted by molar-refractivity contribution is 0.0184. The first kappa shape index (κ1) is 21.5. The fraction of sp³-hybridized carbons (Fsp3) is 0.800. The Morgan fingerprint density at radius 2 is 1.86 bits per heavy atom. The summed E-state index contributed by atoms with van der Waals surface area (Å²) in [4.78, 5) is 14.1. The zero-order valence-corrected chi connectivity index (χ0v) is 18.8. The fourth-order valence-corrected chi connectivity index (χ4v) is 4.61. The number of piperidine rings is 1. The Morgan fingerprint density at radius 3 is 2.43 bits per heavy atom. The number of amides is 1. The van der Waals surface area contributed by atoms with Gasteiger partial charge < -0.3 is 14.2 Å². The second-order valence-corrected chi connectivity index (χ2v) is 11.8. The van der Waals surface area contributed by atoms with Gasteiger partial charge >= 0.3 is 6.09 Å². The molecule has 3 rings (SSSR count). The highest BCUT2D eigenvalue weighted by atomic mass is 32.2. The number of rotatable bonds is 3. The third kappa shape index (κ3) is 4.83. The van der Waals surface area contributed by atoms with Gasteiger partial charge in [0.25, 0.3) is 0 Å². The second-order valence-electron chi connectivity index (χ2n) is 9.78. The average molecular weight is 411 g/mol. The maximum Gasteiger partial charge on any atom is 0.410 e. The molecule has 28 heavy (non-hydrogen) atoms. The van der Waals surface area contributed by atoms with Crippen molar-refractivity contribution in [3.8, 4) is 0 Å². The number of nitrogens with one attached hydrogen (secondary N) is 1. The predicted octanol–water partition coefficient (Wildman–Crippen LogP) is 3.49. The van der Waals surface area contributed by atoms with Gasteiger partial charge in [-0.25, -0.2) is 4.79 Å². The summed E-state index contributed by atoms with van der Waals surface area (Å²) in [5.41, 5.74) is 1.96. The molecule has 1 aromatic rings. The van der Waals surface area contributed by atoms with Crippen LogP contribution in [0.15, 0.2) is 6.20 Å². The van der Waals surface area contributed by atoms with E-state index in [0.29, 0.717) is 19.1 Å². The van der Waals surface area contributed by atoms with E-state index in [-0.39, 0.29) is 16.9 Å². The van der Waals surface area contributed by atoms with E-state index < -0.39 is 17.0 Å². The van der Waals surface area contributed by atoms with Crippen molar-refractivity contribution < 1.29 is 14.1 Å². The van der Waals surface area contributed by atoms with E-state index >= 15 is 0 Å². The Kier molecular flexibility index (Phi) is 6.04. The first-order chi connectivity index (χ1) is 13.0. The van der Waals surface area contributed by atoms with Crippen LogP contribution in [0.1, 0.15) is 84.1 Å². The number of hydrogen-bond donors (Lipinski definition) is 1. The van der Waals surface area contributed by atoms with Crippen LogP contribution in [0.2, 0.25) is 0 Å². The normalized spacial score (nSPS) is 22.2. The number of hydrogen-bond acceptors (Lipinski definition) is 5. The van der Waals surface area contributed by atoms with Crippen LogP contribution in [-0.4, -0.2) is 48.8 Å². The van der Waals surface area contributed by atoms with Gasteiger partial charge in [0.15, 0.2) is 0 Å². The average Bonchev–Trinajstić information content (AvgIpc) is 3.15. The molecule has 1 aromatic heterocycles. The molecule has 7 nitrogen and oxygen atoms in total.